The van der Waals surface area contributed by atoms with E-state index in [0.717, 1.165) is 0 Å². The number of nitrogens with one attached hydrogen (secondary N) is 2. The van der Waals surface area contributed by atoms with Crippen LogP contribution in [0.4, 0.5) is 16.2 Å². The smallest absolute Gasteiger partial charge is 0.412 e. The number of nitrogens with two attached hydrogens (primary N) is 1. The van der Waals surface area contributed by atoms with Gasteiger partial charge < -0.3 is 10.2 Å². The minimum atomic E-state index is -0.536. The average Bonchev–Trinajstić information content (AvgIpc) is 2.18. The summed E-state index contributed by atoms with van der Waals surface area (Å²) in [5, 5.41) is 3.06. The molecule has 94 valence electrons. The van der Waals surface area contributed by atoms with E-state index in [4.69, 9.17) is 22.2 Å². The topological polar surface area (TPSA) is 76.4 Å². The molecular formula is C11H16ClN3O2. The Morgan fingerprint density at radius 2 is 2.06 bits per heavy atom. The van der Waals surface area contributed by atoms with Crippen LogP contribution < -0.4 is 16.6 Å². The largest absolute Gasteiger partial charge is 0.444 e. The van der Waals surface area contributed by atoms with Crippen molar-refractivity contribution in [2.45, 2.75) is 26.4 Å². The number of hydrogen-bond acceptors (Lipinski definition) is 4. The molecule has 0 saturated carbocycles. The SMILES string of the molecule is CC(C)(C)OC(=O)Nc1ccc(Cl)c(NN)c1. The molecule has 0 saturated heterocycles. The molecule has 1 amide bonds. The van der Waals surface area contributed by atoms with Gasteiger partial charge in [-0.2, -0.15) is 0 Å². The molecule has 0 aliphatic heterocycles. The summed E-state index contributed by atoms with van der Waals surface area (Å²) in [5.41, 5.74) is 2.98. The first-order valence-electron chi connectivity index (χ1n) is 5.08. The maximum atomic E-state index is 11.5. The monoisotopic (exact) mass is 257 g/mol. The van der Waals surface area contributed by atoms with Crippen molar-refractivity contribution in [2.75, 3.05) is 10.7 Å². The number of hydrogen-bond donors (Lipinski definition) is 3. The van der Waals surface area contributed by atoms with Crippen molar-refractivity contribution < 1.29 is 9.53 Å². The fourth-order valence-corrected chi connectivity index (χ4v) is 1.31. The number of nitrogen functional groups attached to an aromatic ring is 1. The molecule has 0 aromatic heterocycles. The zero-order valence-corrected chi connectivity index (χ0v) is 10.8. The first-order chi connectivity index (χ1) is 7.81. The highest BCUT2D eigenvalue weighted by molar-refractivity contribution is 6.33. The second kappa shape index (κ2) is 5.25. The van der Waals surface area contributed by atoms with Crippen LogP contribution in [0.5, 0.6) is 0 Å². The lowest BCUT2D eigenvalue weighted by molar-refractivity contribution is 0.0636. The number of carbonyl (C=O) groups excluding carboxylic acids is 1. The summed E-state index contributed by atoms with van der Waals surface area (Å²) in [6, 6.07) is 4.91. The van der Waals surface area contributed by atoms with Gasteiger partial charge in [0.05, 0.1) is 10.7 Å². The highest BCUT2D eigenvalue weighted by atomic mass is 35.5. The van der Waals surface area contributed by atoms with Crippen LogP contribution in [0.3, 0.4) is 0 Å². The van der Waals surface area contributed by atoms with Crippen molar-refractivity contribution in [1.29, 1.82) is 0 Å². The van der Waals surface area contributed by atoms with Crippen LogP contribution in [0.1, 0.15) is 20.8 Å². The van der Waals surface area contributed by atoms with E-state index in [9.17, 15) is 4.79 Å². The number of hydrazine groups is 1. The summed E-state index contributed by atoms with van der Waals surface area (Å²) in [4.78, 5) is 11.5. The van der Waals surface area contributed by atoms with E-state index < -0.39 is 11.7 Å². The van der Waals surface area contributed by atoms with Gasteiger partial charge in [0.15, 0.2) is 0 Å². The molecule has 5 nitrogen and oxygen atoms in total. The minimum Gasteiger partial charge on any atom is -0.444 e. The zero-order valence-electron chi connectivity index (χ0n) is 10.0. The summed E-state index contributed by atoms with van der Waals surface area (Å²) in [5.74, 6) is 5.27. The molecule has 0 unspecified atom stereocenters. The van der Waals surface area contributed by atoms with E-state index in [0.29, 0.717) is 16.4 Å². The van der Waals surface area contributed by atoms with E-state index in [-0.39, 0.29) is 0 Å². The minimum absolute atomic E-state index is 0.474. The fourth-order valence-electron chi connectivity index (χ4n) is 1.14. The molecule has 0 bridgehead atoms. The summed E-state index contributed by atoms with van der Waals surface area (Å²) < 4.78 is 5.11. The van der Waals surface area contributed by atoms with Crippen molar-refractivity contribution in [3.63, 3.8) is 0 Å². The summed E-state index contributed by atoms with van der Waals surface area (Å²) in [7, 11) is 0. The van der Waals surface area contributed by atoms with Crippen molar-refractivity contribution in [2.24, 2.45) is 5.84 Å². The van der Waals surface area contributed by atoms with E-state index in [1.807, 2.05) is 0 Å². The van der Waals surface area contributed by atoms with Gasteiger partial charge >= 0.3 is 6.09 Å². The number of amides is 1. The first kappa shape index (κ1) is 13.6. The van der Waals surface area contributed by atoms with Gasteiger partial charge in [0.2, 0.25) is 0 Å². The average molecular weight is 258 g/mol. The lowest BCUT2D eigenvalue weighted by Gasteiger charge is -2.19. The second-order valence-corrected chi connectivity index (χ2v) is 4.87. The Bertz CT molecular complexity index is 416. The Kier molecular flexibility index (Phi) is 4.20. The number of benzene rings is 1. The third-order valence-corrected chi connectivity index (χ3v) is 2.10. The third-order valence-electron chi connectivity index (χ3n) is 1.77. The third kappa shape index (κ3) is 4.50. The number of halogens is 1. The van der Waals surface area contributed by atoms with Gasteiger partial charge in [0.1, 0.15) is 5.60 Å². The summed E-state index contributed by atoms with van der Waals surface area (Å²) >= 11 is 5.85. The predicted octanol–water partition coefficient (Wildman–Crippen LogP) is 2.97. The summed E-state index contributed by atoms with van der Waals surface area (Å²) in [6.45, 7) is 5.38. The Balaban J connectivity index is 2.72. The van der Waals surface area contributed by atoms with E-state index in [2.05, 4.69) is 10.7 Å². The summed E-state index contributed by atoms with van der Waals surface area (Å²) in [6.07, 6.45) is -0.525. The Labute approximate surface area is 105 Å². The number of anilines is 2. The number of carbonyl (C=O) groups is 1. The van der Waals surface area contributed by atoms with Crippen molar-refractivity contribution in [1.82, 2.24) is 0 Å². The normalized spacial score (nSPS) is 10.9. The molecule has 1 aromatic rings. The van der Waals surface area contributed by atoms with Gasteiger partial charge in [-0.15, -0.1) is 0 Å². The van der Waals surface area contributed by atoms with Gasteiger partial charge in [-0.25, -0.2) is 4.79 Å². The molecule has 0 heterocycles. The molecule has 0 fully saturated rings. The Morgan fingerprint density at radius 3 is 2.59 bits per heavy atom. The number of ether oxygens (including phenoxy) is 1. The van der Waals surface area contributed by atoms with Gasteiger partial charge in [-0.3, -0.25) is 11.2 Å². The molecule has 0 atom stereocenters. The van der Waals surface area contributed by atoms with Gasteiger partial charge in [0, 0.05) is 5.69 Å². The maximum absolute atomic E-state index is 11.5. The van der Waals surface area contributed by atoms with Crippen LogP contribution in [-0.2, 0) is 4.74 Å². The molecule has 6 heteroatoms. The fraction of sp³-hybridized carbons (Fsp3) is 0.364. The lowest BCUT2D eigenvalue weighted by atomic mass is 10.2. The van der Waals surface area contributed by atoms with Crippen LogP contribution in [0, 0.1) is 0 Å². The molecule has 0 aliphatic rings. The molecule has 1 rings (SSSR count). The standard InChI is InChI=1S/C11H16ClN3O2/c1-11(2,3)17-10(16)14-7-4-5-8(12)9(6-7)15-13/h4-6,15H,13H2,1-3H3,(H,14,16). The van der Waals surface area contributed by atoms with E-state index >= 15 is 0 Å². The van der Waals surface area contributed by atoms with Crippen LogP contribution in [0.25, 0.3) is 0 Å². The molecule has 0 spiro atoms. The molecular weight excluding hydrogens is 242 g/mol. The molecule has 4 N–H and O–H groups in total. The number of rotatable bonds is 2. The van der Waals surface area contributed by atoms with Crippen molar-refractivity contribution >= 4 is 29.1 Å². The van der Waals surface area contributed by atoms with Crippen LogP contribution in [0.2, 0.25) is 5.02 Å². The van der Waals surface area contributed by atoms with Gasteiger partial charge in [0.25, 0.3) is 0 Å². The quantitative estimate of drug-likeness (QED) is 0.562. The van der Waals surface area contributed by atoms with Crippen LogP contribution in [-0.4, -0.2) is 11.7 Å². The van der Waals surface area contributed by atoms with E-state index in [1.54, 1.807) is 39.0 Å². The molecule has 0 radical (unpaired) electrons. The van der Waals surface area contributed by atoms with Gasteiger partial charge in [-0.1, -0.05) is 11.6 Å². The Morgan fingerprint density at radius 1 is 1.41 bits per heavy atom. The maximum Gasteiger partial charge on any atom is 0.412 e. The lowest BCUT2D eigenvalue weighted by Crippen LogP contribution is -2.27. The molecule has 1 aromatic carbocycles. The molecule has 0 aliphatic carbocycles. The predicted molar refractivity (Wildman–Crippen MR) is 69.1 cm³/mol. The zero-order chi connectivity index (χ0) is 13.1. The highest BCUT2D eigenvalue weighted by Gasteiger charge is 2.16. The Hall–Kier alpha value is -1.46. The highest BCUT2D eigenvalue weighted by Crippen LogP contribution is 2.24. The second-order valence-electron chi connectivity index (χ2n) is 4.47. The first-order valence-corrected chi connectivity index (χ1v) is 5.46. The van der Waals surface area contributed by atoms with Crippen molar-refractivity contribution in [3.8, 4) is 0 Å². The molecule has 17 heavy (non-hydrogen) atoms. The van der Waals surface area contributed by atoms with Crippen molar-refractivity contribution in [3.05, 3.63) is 23.2 Å². The van der Waals surface area contributed by atoms with Gasteiger partial charge in [-0.05, 0) is 39.0 Å². The van der Waals surface area contributed by atoms with Crippen LogP contribution >= 0.6 is 11.6 Å². The van der Waals surface area contributed by atoms with E-state index in [1.165, 1.54) is 0 Å². The van der Waals surface area contributed by atoms with Crippen LogP contribution in [0.15, 0.2) is 18.2 Å².